The molecule has 0 aromatic heterocycles. The molecule has 0 saturated heterocycles. The van der Waals surface area contributed by atoms with Crippen molar-refractivity contribution >= 4 is 29.0 Å². The number of hydrogen-bond acceptors (Lipinski definition) is 1. The fourth-order valence-electron chi connectivity index (χ4n) is 1.15. The summed E-state index contributed by atoms with van der Waals surface area (Å²) in [5.41, 5.74) is -0.216. The molecule has 0 aliphatic rings. The largest absolute Gasteiger partial charge is 0.294 e. The second-order valence-electron chi connectivity index (χ2n) is 2.87. The maximum Gasteiger partial charge on any atom is 0.265 e. The van der Waals surface area contributed by atoms with Crippen molar-refractivity contribution in [1.82, 2.24) is 0 Å². The van der Waals surface area contributed by atoms with Gasteiger partial charge in [0.1, 0.15) is 0 Å². The van der Waals surface area contributed by atoms with Crippen LogP contribution in [0.3, 0.4) is 0 Å². The van der Waals surface area contributed by atoms with E-state index in [1.807, 2.05) is 0 Å². The summed E-state index contributed by atoms with van der Waals surface area (Å²) < 4.78 is 24.9. The number of benzene rings is 1. The van der Waals surface area contributed by atoms with Gasteiger partial charge in [0.2, 0.25) is 0 Å². The van der Waals surface area contributed by atoms with Crippen LogP contribution in [0.1, 0.15) is 28.8 Å². The molecule has 0 heterocycles. The lowest BCUT2D eigenvalue weighted by atomic mass is 10.1. The Balaban J connectivity index is 3.09. The van der Waals surface area contributed by atoms with Crippen LogP contribution >= 0.6 is 23.2 Å². The second kappa shape index (κ2) is 5.42. The van der Waals surface area contributed by atoms with Crippen LogP contribution in [-0.2, 0) is 0 Å². The van der Waals surface area contributed by atoms with Crippen molar-refractivity contribution in [2.24, 2.45) is 0 Å². The number of carbonyl (C=O) groups excluding carboxylic acids is 1. The van der Waals surface area contributed by atoms with Crippen LogP contribution in [-0.4, -0.2) is 11.7 Å². The van der Waals surface area contributed by atoms with Gasteiger partial charge in [0, 0.05) is 23.4 Å². The highest BCUT2D eigenvalue weighted by Gasteiger charge is 2.17. The number of carbonyl (C=O) groups is 1. The fourth-order valence-corrected chi connectivity index (χ4v) is 1.64. The highest BCUT2D eigenvalue weighted by molar-refractivity contribution is 6.35. The third-order valence-corrected chi connectivity index (χ3v) is 2.50. The van der Waals surface area contributed by atoms with Crippen LogP contribution < -0.4 is 0 Å². The Labute approximate surface area is 96.0 Å². The normalized spacial score (nSPS) is 10.7. The minimum atomic E-state index is -2.68. The molecule has 15 heavy (non-hydrogen) atoms. The molecular formula is C10H8Cl2F2O. The van der Waals surface area contributed by atoms with E-state index in [2.05, 4.69) is 0 Å². The van der Waals surface area contributed by atoms with Crippen molar-refractivity contribution < 1.29 is 13.6 Å². The van der Waals surface area contributed by atoms with Gasteiger partial charge in [-0.3, -0.25) is 4.79 Å². The Morgan fingerprint density at radius 2 is 2.07 bits per heavy atom. The van der Waals surface area contributed by atoms with Crippen LogP contribution in [0.5, 0.6) is 0 Å². The third-order valence-electron chi connectivity index (χ3n) is 1.89. The number of hydrogen-bond donors (Lipinski definition) is 0. The number of halogens is 4. The topological polar surface area (TPSA) is 17.1 Å². The standard InChI is InChI=1S/C10H8Cl2F2O/c11-5-4-8(15)6-2-1-3-7(9(6)12)10(13)14/h1-3,10H,4-5H2. The number of ketones is 1. The first-order valence-corrected chi connectivity index (χ1v) is 5.15. The monoisotopic (exact) mass is 252 g/mol. The van der Waals surface area contributed by atoms with Gasteiger partial charge in [-0.2, -0.15) is 0 Å². The molecule has 0 N–H and O–H groups in total. The van der Waals surface area contributed by atoms with Crippen molar-refractivity contribution in [2.45, 2.75) is 12.8 Å². The molecule has 82 valence electrons. The van der Waals surface area contributed by atoms with Gasteiger partial charge in [-0.25, -0.2) is 8.78 Å². The quantitative estimate of drug-likeness (QED) is 0.583. The number of Topliss-reactive ketones (excluding diaryl/α,β-unsaturated/α-hetero) is 1. The summed E-state index contributed by atoms with van der Waals surface area (Å²) in [5, 5.41) is -0.178. The Kier molecular flexibility index (Phi) is 4.48. The van der Waals surface area contributed by atoms with Crippen LogP contribution in [0.15, 0.2) is 18.2 Å². The van der Waals surface area contributed by atoms with Crippen LogP contribution in [0.25, 0.3) is 0 Å². The Bertz CT molecular complexity index is 366. The molecule has 0 aliphatic heterocycles. The molecule has 0 saturated carbocycles. The lowest BCUT2D eigenvalue weighted by Gasteiger charge is -2.07. The summed E-state index contributed by atoms with van der Waals surface area (Å²) in [5.74, 6) is -0.175. The summed E-state index contributed by atoms with van der Waals surface area (Å²) in [6.07, 6.45) is -2.59. The molecular weight excluding hydrogens is 245 g/mol. The summed E-state index contributed by atoms with van der Waals surface area (Å²) >= 11 is 11.1. The maximum absolute atomic E-state index is 12.4. The first kappa shape index (κ1) is 12.4. The zero-order chi connectivity index (χ0) is 11.4. The van der Waals surface area contributed by atoms with Crippen molar-refractivity contribution in [3.8, 4) is 0 Å². The lowest BCUT2D eigenvalue weighted by Crippen LogP contribution is -2.02. The fraction of sp³-hybridized carbons (Fsp3) is 0.300. The molecule has 0 unspecified atom stereocenters. The van der Waals surface area contributed by atoms with E-state index in [0.29, 0.717) is 0 Å². The summed E-state index contributed by atoms with van der Waals surface area (Å²) in [7, 11) is 0. The molecule has 1 rings (SSSR count). The van der Waals surface area contributed by atoms with E-state index in [1.165, 1.54) is 18.2 Å². The van der Waals surface area contributed by atoms with Gasteiger partial charge in [0.05, 0.1) is 5.02 Å². The number of alkyl halides is 3. The molecule has 1 aromatic carbocycles. The average Bonchev–Trinajstić information content (AvgIpc) is 2.17. The van der Waals surface area contributed by atoms with Gasteiger partial charge < -0.3 is 0 Å². The Morgan fingerprint density at radius 1 is 1.40 bits per heavy atom. The molecule has 0 atom stereocenters. The van der Waals surface area contributed by atoms with Crippen LogP contribution in [0, 0.1) is 0 Å². The van der Waals surface area contributed by atoms with E-state index >= 15 is 0 Å². The zero-order valence-corrected chi connectivity index (χ0v) is 9.16. The molecule has 1 aromatic rings. The molecule has 5 heteroatoms. The first-order valence-electron chi connectivity index (χ1n) is 4.23. The van der Waals surface area contributed by atoms with Gasteiger partial charge in [-0.05, 0) is 6.07 Å². The highest BCUT2D eigenvalue weighted by atomic mass is 35.5. The highest BCUT2D eigenvalue weighted by Crippen LogP contribution is 2.30. The Hall–Kier alpha value is -0.670. The van der Waals surface area contributed by atoms with Crippen molar-refractivity contribution in [3.05, 3.63) is 34.3 Å². The molecule has 0 fully saturated rings. The molecule has 0 radical (unpaired) electrons. The van der Waals surface area contributed by atoms with Crippen LogP contribution in [0.4, 0.5) is 8.78 Å². The molecule has 0 bridgehead atoms. The van der Waals surface area contributed by atoms with Crippen molar-refractivity contribution in [1.29, 1.82) is 0 Å². The number of rotatable bonds is 4. The van der Waals surface area contributed by atoms with E-state index in [1.54, 1.807) is 0 Å². The molecule has 0 spiro atoms. The van der Waals surface area contributed by atoms with Gasteiger partial charge in [0.15, 0.2) is 5.78 Å². The molecule has 0 amide bonds. The van der Waals surface area contributed by atoms with Crippen molar-refractivity contribution in [2.75, 3.05) is 5.88 Å². The van der Waals surface area contributed by atoms with E-state index in [9.17, 15) is 13.6 Å². The van der Waals surface area contributed by atoms with E-state index in [0.717, 1.165) is 0 Å². The van der Waals surface area contributed by atoms with E-state index in [4.69, 9.17) is 23.2 Å². The summed E-state index contributed by atoms with van der Waals surface area (Å²) in [4.78, 5) is 11.4. The van der Waals surface area contributed by atoms with Gasteiger partial charge in [-0.1, -0.05) is 23.7 Å². The maximum atomic E-state index is 12.4. The zero-order valence-electron chi connectivity index (χ0n) is 7.64. The minimum absolute atomic E-state index is 0.0912. The third kappa shape index (κ3) is 2.89. The predicted molar refractivity (Wildman–Crippen MR) is 56.1 cm³/mol. The van der Waals surface area contributed by atoms with E-state index < -0.39 is 6.43 Å². The smallest absolute Gasteiger partial charge is 0.265 e. The summed E-state index contributed by atoms with van der Waals surface area (Å²) in [6.45, 7) is 0. The second-order valence-corrected chi connectivity index (χ2v) is 3.63. The van der Waals surface area contributed by atoms with Crippen LogP contribution in [0.2, 0.25) is 5.02 Å². The van der Waals surface area contributed by atoms with Gasteiger partial charge in [-0.15, -0.1) is 11.6 Å². The lowest BCUT2D eigenvalue weighted by molar-refractivity contribution is 0.0989. The molecule has 0 aliphatic carbocycles. The average molecular weight is 253 g/mol. The van der Waals surface area contributed by atoms with Crippen molar-refractivity contribution in [3.63, 3.8) is 0 Å². The minimum Gasteiger partial charge on any atom is -0.294 e. The Morgan fingerprint density at radius 3 is 2.60 bits per heavy atom. The van der Waals surface area contributed by atoms with Gasteiger partial charge >= 0.3 is 0 Å². The summed E-state index contributed by atoms with van der Waals surface area (Å²) in [6, 6.07) is 4.00. The van der Waals surface area contributed by atoms with Gasteiger partial charge in [0.25, 0.3) is 6.43 Å². The SMILES string of the molecule is O=C(CCCl)c1cccc(C(F)F)c1Cl. The first-order chi connectivity index (χ1) is 7.07. The van der Waals surface area contributed by atoms with E-state index in [-0.39, 0.29) is 34.2 Å². The molecule has 1 nitrogen and oxygen atoms in total. The predicted octanol–water partition coefficient (Wildman–Crippen LogP) is 4.09.